The highest BCUT2D eigenvalue weighted by Crippen LogP contribution is 2.13. The van der Waals surface area contributed by atoms with Crippen LogP contribution in [0.5, 0.6) is 0 Å². The summed E-state index contributed by atoms with van der Waals surface area (Å²) in [5.74, 6) is 2.28. The first-order valence-electron chi connectivity index (χ1n) is 10.0. The number of nitrogens with zero attached hydrogens (tertiary/aromatic N) is 2. The standard InChI is InChI=1S/C19H38N4O2.HI/c1-16(2)13-23-9-5-18(6-10-23)22-19(20-3)21-8-4-11-24-14-17-7-12-25-15-17;/h16-18H,4-15H2,1-3H3,(H2,20,21,22);1H. The normalized spacial score (nSPS) is 22.5. The lowest BCUT2D eigenvalue weighted by molar-refractivity contribution is 0.0888. The van der Waals surface area contributed by atoms with E-state index in [2.05, 4.69) is 34.4 Å². The van der Waals surface area contributed by atoms with Crippen molar-refractivity contribution in [2.45, 2.75) is 45.6 Å². The van der Waals surface area contributed by atoms with E-state index in [-0.39, 0.29) is 24.0 Å². The minimum atomic E-state index is 0. The van der Waals surface area contributed by atoms with Gasteiger partial charge in [-0.05, 0) is 31.6 Å². The van der Waals surface area contributed by atoms with Crippen molar-refractivity contribution in [1.29, 1.82) is 0 Å². The van der Waals surface area contributed by atoms with Crippen LogP contribution in [0.15, 0.2) is 4.99 Å². The average Bonchev–Trinajstić information content (AvgIpc) is 3.11. The SMILES string of the molecule is CN=C(NCCCOCC1CCOC1)NC1CCN(CC(C)C)CC1.I. The Hall–Kier alpha value is -0.120. The van der Waals surface area contributed by atoms with Gasteiger partial charge in [0.2, 0.25) is 0 Å². The molecule has 0 saturated carbocycles. The highest BCUT2D eigenvalue weighted by molar-refractivity contribution is 14.0. The third-order valence-electron chi connectivity index (χ3n) is 4.91. The van der Waals surface area contributed by atoms with Gasteiger partial charge in [0.25, 0.3) is 0 Å². The molecular formula is C19H39IN4O2. The Labute approximate surface area is 176 Å². The fraction of sp³-hybridized carbons (Fsp3) is 0.947. The molecule has 2 heterocycles. The molecule has 0 aromatic rings. The summed E-state index contributed by atoms with van der Waals surface area (Å²) in [7, 11) is 1.85. The van der Waals surface area contributed by atoms with Gasteiger partial charge >= 0.3 is 0 Å². The lowest BCUT2D eigenvalue weighted by Crippen LogP contribution is -2.49. The van der Waals surface area contributed by atoms with Crippen LogP contribution in [-0.2, 0) is 9.47 Å². The molecule has 0 radical (unpaired) electrons. The second-order valence-electron chi connectivity index (χ2n) is 7.77. The highest BCUT2D eigenvalue weighted by Gasteiger charge is 2.20. The van der Waals surface area contributed by atoms with Crippen molar-refractivity contribution in [3.8, 4) is 0 Å². The van der Waals surface area contributed by atoms with Gasteiger partial charge in [-0.3, -0.25) is 4.99 Å². The number of halogens is 1. The minimum absolute atomic E-state index is 0. The third-order valence-corrected chi connectivity index (χ3v) is 4.91. The molecule has 0 aromatic carbocycles. The van der Waals surface area contributed by atoms with Crippen LogP contribution in [0, 0.1) is 11.8 Å². The fourth-order valence-electron chi connectivity index (χ4n) is 3.51. The van der Waals surface area contributed by atoms with E-state index in [1.807, 2.05) is 7.05 Å². The molecule has 0 bridgehead atoms. The van der Waals surface area contributed by atoms with Crippen molar-refractivity contribution in [1.82, 2.24) is 15.5 Å². The first-order valence-corrected chi connectivity index (χ1v) is 10.0. The van der Waals surface area contributed by atoms with Crippen LogP contribution < -0.4 is 10.6 Å². The van der Waals surface area contributed by atoms with Gasteiger partial charge in [-0.25, -0.2) is 0 Å². The third kappa shape index (κ3) is 9.71. The van der Waals surface area contributed by atoms with E-state index >= 15 is 0 Å². The van der Waals surface area contributed by atoms with Gasteiger partial charge in [-0.1, -0.05) is 13.8 Å². The maximum absolute atomic E-state index is 5.74. The zero-order valence-corrected chi connectivity index (χ0v) is 19.2. The summed E-state index contributed by atoms with van der Waals surface area (Å²) >= 11 is 0. The Bertz CT molecular complexity index is 382. The fourth-order valence-corrected chi connectivity index (χ4v) is 3.51. The molecule has 0 amide bonds. The number of likely N-dealkylation sites (tertiary alicyclic amines) is 1. The summed E-state index contributed by atoms with van der Waals surface area (Å²) < 4.78 is 11.1. The van der Waals surface area contributed by atoms with Crippen LogP contribution in [-0.4, -0.2) is 76.6 Å². The van der Waals surface area contributed by atoms with Gasteiger partial charge in [0.05, 0.1) is 13.2 Å². The first-order chi connectivity index (χ1) is 12.2. The number of hydrogen-bond acceptors (Lipinski definition) is 4. The number of guanidine groups is 1. The van der Waals surface area contributed by atoms with E-state index in [0.29, 0.717) is 12.0 Å². The highest BCUT2D eigenvalue weighted by atomic mass is 127. The molecule has 2 aliphatic rings. The molecule has 154 valence electrons. The van der Waals surface area contributed by atoms with Gasteiger partial charge in [-0.2, -0.15) is 0 Å². The maximum atomic E-state index is 5.74. The van der Waals surface area contributed by atoms with Gasteiger partial charge in [0, 0.05) is 58.4 Å². The summed E-state index contributed by atoms with van der Waals surface area (Å²) in [4.78, 5) is 6.93. The van der Waals surface area contributed by atoms with Crippen molar-refractivity contribution >= 4 is 29.9 Å². The number of ether oxygens (including phenoxy) is 2. The Balaban J connectivity index is 0.00000338. The van der Waals surface area contributed by atoms with Crippen LogP contribution in [0.1, 0.15) is 39.5 Å². The number of hydrogen-bond donors (Lipinski definition) is 2. The summed E-state index contributed by atoms with van der Waals surface area (Å²) in [6, 6.07) is 0.535. The topological polar surface area (TPSA) is 58.1 Å². The smallest absolute Gasteiger partial charge is 0.191 e. The average molecular weight is 482 g/mol. The molecule has 0 aliphatic carbocycles. The maximum Gasteiger partial charge on any atom is 0.191 e. The molecule has 0 spiro atoms. The van der Waals surface area contributed by atoms with Crippen LogP contribution in [0.2, 0.25) is 0 Å². The predicted molar refractivity (Wildman–Crippen MR) is 119 cm³/mol. The van der Waals surface area contributed by atoms with Crippen molar-refractivity contribution < 1.29 is 9.47 Å². The monoisotopic (exact) mass is 482 g/mol. The molecule has 26 heavy (non-hydrogen) atoms. The Kier molecular flexibility index (Phi) is 12.8. The number of aliphatic imine (C=N–C) groups is 1. The van der Waals surface area contributed by atoms with Crippen LogP contribution >= 0.6 is 24.0 Å². The summed E-state index contributed by atoms with van der Waals surface area (Å²) in [6.07, 6.45) is 4.53. The van der Waals surface area contributed by atoms with Crippen LogP contribution in [0.3, 0.4) is 0 Å². The van der Waals surface area contributed by atoms with Crippen molar-refractivity contribution in [3.05, 3.63) is 0 Å². The molecule has 2 rings (SSSR count). The Morgan fingerprint density at radius 1 is 1.27 bits per heavy atom. The Morgan fingerprint density at radius 2 is 2.04 bits per heavy atom. The zero-order valence-electron chi connectivity index (χ0n) is 16.8. The largest absolute Gasteiger partial charge is 0.381 e. The minimum Gasteiger partial charge on any atom is -0.381 e. The van der Waals surface area contributed by atoms with Crippen molar-refractivity contribution in [2.24, 2.45) is 16.8 Å². The quantitative estimate of drug-likeness (QED) is 0.229. The van der Waals surface area contributed by atoms with Crippen molar-refractivity contribution in [2.75, 3.05) is 59.7 Å². The predicted octanol–water partition coefficient (Wildman–Crippen LogP) is 2.33. The molecule has 6 nitrogen and oxygen atoms in total. The molecule has 2 fully saturated rings. The molecule has 7 heteroatoms. The van der Waals surface area contributed by atoms with E-state index < -0.39 is 0 Å². The number of rotatable bonds is 9. The summed E-state index contributed by atoms with van der Waals surface area (Å²) in [5.41, 5.74) is 0. The lowest BCUT2D eigenvalue weighted by Gasteiger charge is -2.34. The second kappa shape index (κ2) is 14.0. The zero-order chi connectivity index (χ0) is 17.9. The van der Waals surface area contributed by atoms with E-state index in [1.54, 1.807) is 0 Å². The first kappa shape index (κ1) is 23.9. The molecule has 2 aliphatic heterocycles. The molecule has 2 saturated heterocycles. The molecule has 2 N–H and O–H groups in total. The van der Waals surface area contributed by atoms with E-state index in [4.69, 9.17) is 9.47 Å². The molecular weight excluding hydrogens is 443 g/mol. The summed E-state index contributed by atoms with van der Waals surface area (Å²) in [5, 5.41) is 6.98. The van der Waals surface area contributed by atoms with Gasteiger partial charge in [-0.15, -0.1) is 24.0 Å². The molecule has 0 aromatic heterocycles. The second-order valence-corrected chi connectivity index (χ2v) is 7.77. The van der Waals surface area contributed by atoms with Gasteiger partial charge < -0.3 is 25.0 Å². The molecule has 1 atom stereocenters. The van der Waals surface area contributed by atoms with Crippen LogP contribution in [0.4, 0.5) is 0 Å². The number of nitrogens with one attached hydrogen (secondary N) is 2. The van der Waals surface area contributed by atoms with Crippen molar-refractivity contribution in [3.63, 3.8) is 0 Å². The molecule has 1 unspecified atom stereocenters. The Morgan fingerprint density at radius 3 is 2.65 bits per heavy atom. The number of piperidine rings is 1. The van der Waals surface area contributed by atoms with Gasteiger partial charge in [0.1, 0.15) is 0 Å². The van der Waals surface area contributed by atoms with Crippen LogP contribution in [0.25, 0.3) is 0 Å². The van der Waals surface area contributed by atoms with E-state index in [0.717, 1.165) is 57.7 Å². The summed E-state index contributed by atoms with van der Waals surface area (Å²) in [6.45, 7) is 12.5. The van der Waals surface area contributed by atoms with E-state index in [1.165, 1.54) is 32.5 Å². The van der Waals surface area contributed by atoms with Gasteiger partial charge in [0.15, 0.2) is 5.96 Å². The van der Waals surface area contributed by atoms with E-state index in [9.17, 15) is 0 Å². The lowest BCUT2D eigenvalue weighted by atomic mass is 10.0.